The lowest BCUT2D eigenvalue weighted by Gasteiger charge is -2.40. The molecule has 5 nitrogen and oxygen atoms in total. The number of thioether (sulfide) groups is 1. The molecule has 1 fully saturated rings. The second-order valence-corrected chi connectivity index (χ2v) is 6.91. The van der Waals surface area contributed by atoms with Gasteiger partial charge in [0.25, 0.3) is 5.12 Å². The highest BCUT2D eigenvalue weighted by Gasteiger charge is 2.57. The van der Waals surface area contributed by atoms with Crippen LogP contribution >= 0.6 is 11.8 Å². The zero-order valence-electron chi connectivity index (χ0n) is 13.0. The molecule has 4 unspecified atom stereocenters. The summed E-state index contributed by atoms with van der Waals surface area (Å²) < 4.78 is 26.3. The van der Waals surface area contributed by atoms with Gasteiger partial charge in [-0.1, -0.05) is 30.3 Å². The average molecular weight is 338 g/mol. The fraction of sp³-hybridized carbons (Fsp3) is 0.500. The Morgan fingerprint density at radius 2 is 2.22 bits per heavy atom. The molecule has 1 saturated heterocycles. The number of hydrogen-bond acceptors (Lipinski definition) is 6. The molecule has 124 valence electrons. The summed E-state index contributed by atoms with van der Waals surface area (Å²) in [5, 5.41) is -0.657. The van der Waals surface area contributed by atoms with Crippen LogP contribution in [0.5, 0.6) is 0 Å². The number of alkyl halides is 1. The van der Waals surface area contributed by atoms with Gasteiger partial charge in [0.1, 0.15) is 24.6 Å². The highest BCUT2D eigenvalue weighted by atomic mass is 32.2. The Labute approximate surface area is 138 Å². The molecule has 0 N–H and O–H groups in total. The summed E-state index contributed by atoms with van der Waals surface area (Å²) in [5.41, 5.74) is 0.951. The van der Waals surface area contributed by atoms with Crippen molar-refractivity contribution in [3.05, 3.63) is 35.9 Å². The van der Waals surface area contributed by atoms with E-state index < -0.39 is 23.4 Å². The van der Waals surface area contributed by atoms with Crippen molar-refractivity contribution in [3.63, 3.8) is 0 Å². The summed E-state index contributed by atoms with van der Waals surface area (Å²) in [6, 6.07) is 8.80. The lowest BCUT2D eigenvalue weighted by atomic mass is 10.0. The molecule has 0 amide bonds. The summed E-state index contributed by atoms with van der Waals surface area (Å²) in [4.78, 5) is 17.3. The second-order valence-electron chi connectivity index (χ2n) is 5.77. The minimum atomic E-state index is -1.29. The summed E-state index contributed by atoms with van der Waals surface area (Å²) in [5.74, 6) is 0. The fourth-order valence-corrected chi connectivity index (χ4v) is 3.83. The van der Waals surface area contributed by atoms with E-state index in [0.717, 1.165) is 5.56 Å². The first-order valence-electron chi connectivity index (χ1n) is 7.43. The lowest BCUT2D eigenvalue weighted by Crippen LogP contribution is -2.54. The van der Waals surface area contributed by atoms with E-state index in [-0.39, 0.29) is 13.0 Å². The number of halogens is 1. The highest BCUT2D eigenvalue weighted by Crippen LogP contribution is 2.48. The van der Waals surface area contributed by atoms with Gasteiger partial charge in [0.2, 0.25) is 0 Å². The normalized spacial score (nSPS) is 33.0. The molecular formula is C16H19FN2O3S. The molecular weight excluding hydrogens is 319 g/mol. The quantitative estimate of drug-likeness (QED) is 0.788. The monoisotopic (exact) mass is 338 g/mol. The van der Waals surface area contributed by atoms with Crippen molar-refractivity contribution >= 4 is 23.2 Å². The number of nitrogens with zero attached hydrogens (tertiary/aromatic N) is 2. The number of carbonyl (C=O) groups is 1. The molecule has 0 saturated carbocycles. The molecule has 0 radical (unpaired) electrons. The van der Waals surface area contributed by atoms with E-state index in [9.17, 15) is 9.18 Å². The standard InChI is InChI=1S/C16H19FN2O3S/c1-19(2)15-18-14-13(17)8-12(9-20)22-16(14,23-15)21-10-11-6-4-3-5-7-11/h3-7,9,12-14H,8,10H2,1-2H3. The Bertz CT molecular complexity index is 598. The molecule has 0 aliphatic carbocycles. The smallest absolute Gasteiger partial charge is 0.252 e. The predicted octanol–water partition coefficient (Wildman–Crippen LogP) is 2.22. The maximum Gasteiger partial charge on any atom is 0.252 e. The zero-order chi connectivity index (χ0) is 16.4. The number of hydrogen-bond donors (Lipinski definition) is 0. The van der Waals surface area contributed by atoms with Crippen molar-refractivity contribution in [2.45, 2.75) is 36.5 Å². The van der Waals surface area contributed by atoms with Gasteiger partial charge in [-0.2, -0.15) is 0 Å². The Kier molecular flexibility index (Phi) is 4.70. The first-order chi connectivity index (χ1) is 11.0. The van der Waals surface area contributed by atoms with E-state index in [0.29, 0.717) is 11.5 Å². The maximum atomic E-state index is 14.5. The van der Waals surface area contributed by atoms with Crippen LogP contribution in [0.4, 0.5) is 4.39 Å². The number of fused-ring (bicyclic) bond motifs is 1. The number of aldehydes is 1. The van der Waals surface area contributed by atoms with Crippen LogP contribution in [0.1, 0.15) is 12.0 Å². The van der Waals surface area contributed by atoms with E-state index in [2.05, 4.69) is 4.99 Å². The van der Waals surface area contributed by atoms with Crippen molar-refractivity contribution < 1.29 is 18.7 Å². The van der Waals surface area contributed by atoms with Crippen molar-refractivity contribution in [1.82, 2.24) is 4.90 Å². The predicted molar refractivity (Wildman–Crippen MR) is 86.9 cm³/mol. The van der Waals surface area contributed by atoms with Crippen molar-refractivity contribution in [1.29, 1.82) is 0 Å². The third-order valence-electron chi connectivity index (χ3n) is 3.78. The van der Waals surface area contributed by atoms with Gasteiger partial charge in [-0.25, -0.2) is 9.38 Å². The summed E-state index contributed by atoms with van der Waals surface area (Å²) >= 11 is 1.22. The first-order valence-corrected chi connectivity index (χ1v) is 8.25. The van der Waals surface area contributed by atoms with Crippen molar-refractivity contribution in [2.24, 2.45) is 4.99 Å². The highest BCUT2D eigenvalue weighted by molar-refractivity contribution is 8.15. The zero-order valence-corrected chi connectivity index (χ0v) is 13.8. The third-order valence-corrected chi connectivity index (χ3v) is 5.17. The topological polar surface area (TPSA) is 51.1 Å². The van der Waals surface area contributed by atoms with Crippen molar-refractivity contribution in [2.75, 3.05) is 14.1 Å². The van der Waals surface area contributed by atoms with Crippen LogP contribution < -0.4 is 0 Å². The molecule has 2 heterocycles. The van der Waals surface area contributed by atoms with E-state index in [1.807, 2.05) is 44.4 Å². The molecule has 4 atom stereocenters. The largest absolute Gasteiger partial charge is 0.357 e. The summed E-state index contributed by atoms with van der Waals surface area (Å²) in [6.07, 6.45) is -1.46. The van der Waals surface area contributed by atoms with Crippen LogP contribution in [0.3, 0.4) is 0 Å². The number of carbonyl (C=O) groups excluding carboxylic acids is 1. The van der Waals surface area contributed by atoms with Gasteiger partial charge in [-0.05, 0) is 17.3 Å². The van der Waals surface area contributed by atoms with Gasteiger partial charge in [0.15, 0.2) is 5.17 Å². The number of benzene rings is 1. The Balaban J connectivity index is 1.83. The van der Waals surface area contributed by atoms with Crippen LogP contribution in [0.15, 0.2) is 35.3 Å². The molecule has 7 heteroatoms. The summed E-state index contributed by atoms with van der Waals surface area (Å²) in [6.45, 7) is 0.263. The number of amidine groups is 1. The molecule has 0 spiro atoms. The molecule has 1 aromatic rings. The van der Waals surface area contributed by atoms with Gasteiger partial charge in [-0.3, -0.25) is 0 Å². The Morgan fingerprint density at radius 3 is 2.87 bits per heavy atom. The SMILES string of the molecule is CN(C)C1=NC2C(F)CC(C=O)OC2(OCc2ccccc2)S1. The number of aliphatic imine (C=N–C) groups is 1. The molecule has 2 aliphatic heterocycles. The minimum absolute atomic E-state index is 0.00931. The van der Waals surface area contributed by atoms with Crippen LogP contribution in [-0.4, -0.2) is 53.9 Å². The van der Waals surface area contributed by atoms with Gasteiger partial charge in [0, 0.05) is 20.5 Å². The minimum Gasteiger partial charge on any atom is -0.357 e. The van der Waals surface area contributed by atoms with Crippen LogP contribution in [-0.2, 0) is 20.9 Å². The van der Waals surface area contributed by atoms with Crippen molar-refractivity contribution in [3.8, 4) is 0 Å². The van der Waals surface area contributed by atoms with Crippen LogP contribution in [0, 0.1) is 0 Å². The third kappa shape index (κ3) is 3.27. The molecule has 0 bridgehead atoms. The molecule has 1 aromatic carbocycles. The first kappa shape index (κ1) is 16.4. The summed E-state index contributed by atoms with van der Waals surface area (Å²) in [7, 11) is 3.66. The second kappa shape index (κ2) is 6.59. The van der Waals surface area contributed by atoms with Gasteiger partial charge >= 0.3 is 0 Å². The fourth-order valence-electron chi connectivity index (χ4n) is 2.62. The van der Waals surface area contributed by atoms with Gasteiger partial charge in [0.05, 0.1) is 6.61 Å². The molecule has 0 aromatic heterocycles. The van der Waals surface area contributed by atoms with Crippen LogP contribution in [0.25, 0.3) is 0 Å². The number of ether oxygens (including phenoxy) is 2. The average Bonchev–Trinajstić information content (AvgIpc) is 2.95. The maximum absolute atomic E-state index is 14.5. The lowest BCUT2D eigenvalue weighted by molar-refractivity contribution is -0.237. The number of rotatable bonds is 4. The molecule has 2 aliphatic rings. The van der Waals surface area contributed by atoms with Gasteiger partial charge < -0.3 is 19.2 Å². The van der Waals surface area contributed by atoms with E-state index in [4.69, 9.17) is 9.47 Å². The Hall–Kier alpha value is -1.44. The molecule has 3 rings (SSSR count). The van der Waals surface area contributed by atoms with E-state index in [1.165, 1.54) is 11.8 Å². The van der Waals surface area contributed by atoms with Crippen LogP contribution in [0.2, 0.25) is 0 Å². The molecule has 23 heavy (non-hydrogen) atoms. The Morgan fingerprint density at radius 1 is 1.48 bits per heavy atom. The van der Waals surface area contributed by atoms with E-state index >= 15 is 0 Å². The van der Waals surface area contributed by atoms with Gasteiger partial charge in [-0.15, -0.1) is 0 Å². The van der Waals surface area contributed by atoms with E-state index in [1.54, 1.807) is 4.90 Å².